The summed E-state index contributed by atoms with van der Waals surface area (Å²) in [6, 6.07) is 2.07. The summed E-state index contributed by atoms with van der Waals surface area (Å²) in [5.41, 5.74) is 3.60. The lowest BCUT2D eigenvalue weighted by Gasteiger charge is -2.18. The van der Waals surface area contributed by atoms with Crippen LogP contribution in [0.25, 0.3) is 10.7 Å². The predicted octanol–water partition coefficient (Wildman–Crippen LogP) is 2.92. The van der Waals surface area contributed by atoms with E-state index in [1.807, 2.05) is 0 Å². The second-order valence-electron chi connectivity index (χ2n) is 4.11. The molecule has 2 aromatic heterocycles. The first-order chi connectivity index (χ1) is 8.24. The van der Waals surface area contributed by atoms with Gasteiger partial charge in [-0.25, -0.2) is 9.97 Å². The van der Waals surface area contributed by atoms with Gasteiger partial charge in [0.1, 0.15) is 0 Å². The van der Waals surface area contributed by atoms with Crippen molar-refractivity contribution in [1.29, 1.82) is 0 Å². The van der Waals surface area contributed by atoms with Gasteiger partial charge in [0.2, 0.25) is 0 Å². The molecule has 0 fully saturated rings. The van der Waals surface area contributed by atoms with Crippen molar-refractivity contribution in [3.05, 3.63) is 32.9 Å². The Kier molecular flexibility index (Phi) is 2.98. The molecule has 2 aromatic rings. The molecule has 0 aromatic carbocycles. The molecule has 3 rings (SSSR count). The summed E-state index contributed by atoms with van der Waals surface area (Å²) in [6.45, 7) is 3.97. The van der Waals surface area contributed by atoms with Crippen LogP contribution in [-0.2, 0) is 13.0 Å². The Morgan fingerprint density at radius 3 is 3.06 bits per heavy atom. The monoisotopic (exact) mass is 309 g/mol. The summed E-state index contributed by atoms with van der Waals surface area (Å²) in [5, 5.41) is 5.42. The molecular weight excluding hydrogens is 298 g/mol. The zero-order valence-corrected chi connectivity index (χ0v) is 11.9. The number of hydrogen-bond acceptors (Lipinski definition) is 4. The van der Waals surface area contributed by atoms with Crippen LogP contribution in [0.1, 0.15) is 17.0 Å². The zero-order chi connectivity index (χ0) is 11.8. The molecule has 1 aliphatic heterocycles. The first-order valence-corrected chi connectivity index (χ1v) is 7.23. The first kappa shape index (κ1) is 11.3. The predicted molar refractivity (Wildman–Crippen MR) is 73.2 cm³/mol. The normalized spacial score (nSPS) is 14.7. The molecule has 1 N–H and O–H groups in total. The molecule has 88 valence electrons. The Balaban J connectivity index is 2.10. The van der Waals surface area contributed by atoms with Gasteiger partial charge < -0.3 is 5.32 Å². The van der Waals surface area contributed by atoms with Crippen molar-refractivity contribution in [1.82, 2.24) is 15.3 Å². The number of halogens is 1. The fraction of sp³-hybridized carbons (Fsp3) is 0.333. The lowest BCUT2D eigenvalue weighted by molar-refractivity contribution is 0.620. The highest BCUT2D eigenvalue weighted by Crippen LogP contribution is 2.29. The van der Waals surface area contributed by atoms with Crippen LogP contribution in [0.15, 0.2) is 15.9 Å². The SMILES string of the molecule is Cc1nc(-c2cc(Br)cs2)nc2c1CCNC2. The van der Waals surface area contributed by atoms with E-state index >= 15 is 0 Å². The maximum atomic E-state index is 4.67. The van der Waals surface area contributed by atoms with Crippen molar-refractivity contribution in [2.24, 2.45) is 0 Å². The maximum Gasteiger partial charge on any atom is 0.169 e. The number of aromatic nitrogens is 2. The van der Waals surface area contributed by atoms with Gasteiger partial charge in [-0.15, -0.1) is 11.3 Å². The number of rotatable bonds is 1. The molecule has 0 aliphatic carbocycles. The summed E-state index contributed by atoms with van der Waals surface area (Å²) in [7, 11) is 0. The van der Waals surface area contributed by atoms with Gasteiger partial charge in [0.25, 0.3) is 0 Å². The fourth-order valence-corrected chi connectivity index (χ4v) is 3.45. The van der Waals surface area contributed by atoms with E-state index in [4.69, 9.17) is 0 Å². The molecule has 3 heterocycles. The van der Waals surface area contributed by atoms with Crippen molar-refractivity contribution in [3.8, 4) is 10.7 Å². The Labute approximate surface area is 112 Å². The van der Waals surface area contributed by atoms with E-state index < -0.39 is 0 Å². The zero-order valence-electron chi connectivity index (χ0n) is 9.46. The van der Waals surface area contributed by atoms with Crippen LogP contribution in [0.3, 0.4) is 0 Å². The average molecular weight is 310 g/mol. The number of hydrogen-bond donors (Lipinski definition) is 1. The highest BCUT2D eigenvalue weighted by molar-refractivity contribution is 9.10. The molecule has 0 unspecified atom stereocenters. The van der Waals surface area contributed by atoms with E-state index in [0.29, 0.717) is 0 Å². The topological polar surface area (TPSA) is 37.8 Å². The summed E-state index contributed by atoms with van der Waals surface area (Å²) in [4.78, 5) is 10.4. The third-order valence-electron chi connectivity index (χ3n) is 2.93. The average Bonchev–Trinajstić information content (AvgIpc) is 2.76. The molecule has 0 saturated carbocycles. The van der Waals surface area contributed by atoms with Gasteiger partial charge in [-0.1, -0.05) is 0 Å². The number of nitrogens with one attached hydrogen (secondary N) is 1. The van der Waals surface area contributed by atoms with E-state index in [9.17, 15) is 0 Å². The molecular formula is C12H12BrN3S. The molecule has 0 saturated heterocycles. The minimum Gasteiger partial charge on any atom is -0.311 e. The van der Waals surface area contributed by atoms with Gasteiger partial charge >= 0.3 is 0 Å². The molecule has 0 spiro atoms. The van der Waals surface area contributed by atoms with Gasteiger partial charge in [0.15, 0.2) is 5.82 Å². The Bertz CT molecular complexity index is 565. The van der Waals surface area contributed by atoms with E-state index in [2.05, 4.69) is 49.6 Å². The third-order valence-corrected chi connectivity index (χ3v) is 4.62. The Hall–Kier alpha value is -0.780. The molecule has 0 bridgehead atoms. The second-order valence-corrected chi connectivity index (χ2v) is 5.94. The van der Waals surface area contributed by atoms with Crippen molar-refractivity contribution in [3.63, 3.8) is 0 Å². The molecule has 17 heavy (non-hydrogen) atoms. The molecule has 0 atom stereocenters. The smallest absolute Gasteiger partial charge is 0.169 e. The van der Waals surface area contributed by atoms with Crippen LogP contribution in [0, 0.1) is 6.92 Å². The van der Waals surface area contributed by atoms with Crippen LogP contribution >= 0.6 is 27.3 Å². The van der Waals surface area contributed by atoms with Crippen molar-refractivity contribution in [2.75, 3.05) is 6.54 Å². The summed E-state index contributed by atoms with van der Waals surface area (Å²) in [6.07, 6.45) is 1.04. The fourth-order valence-electron chi connectivity index (χ4n) is 2.09. The quantitative estimate of drug-likeness (QED) is 0.880. The number of aryl methyl sites for hydroxylation is 1. The minimum absolute atomic E-state index is 0.848. The van der Waals surface area contributed by atoms with E-state index in [0.717, 1.165) is 46.1 Å². The Morgan fingerprint density at radius 1 is 1.41 bits per heavy atom. The highest BCUT2D eigenvalue weighted by atomic mass is 79.9. The van der Waals surface area contributed by atoms with E-state index in [1.165, 1.54) is 5.56 Å². The van der Waals surface area contributed by atoms with Crippen molar-refractivity contribution in [2.45, 2.75) is 19.9 Å². The largest absolute Gasteiger partial charge is 0.311 e. The summed E-state index contributed by atoms with van der Waals surface area (Å²) in [5.74, 6) is 0.848. The van der Waals surface area contributed by atoms with Crippen LogP contribution in [0.5, 0.6) is 0 Å². The first-order valence-electron chi connectivity index (χ1n) is 5.55. The lowest BCUT2D eigenvalue weighted by Crippen LogP contribution is -2.26. The number of thiophene rings is 1. The molecule has 0 radical (unpaired) electrons. The van der Waals surface area contributed by atoms with Crippen LogP contribution in [0.2, 0.25) is 0 Å². The lowest BCUT2D eigenvalue weighted by atomic mass is 10.0. The number of nitrogens with zero attached hydrogens (tertiary/aromatic N) is 2. The van der Waals surface area contributed by atoms with Gasteiger partial charge in [-0.2, -0.15) is 0 Å². The standard InChI is InChI=1S/C12H12BrN3S/c1-7-9-2-3-14-5-10(9)16-12(15-7)11-4-8(13)6-17-11/h4,6,14H,2-3,5H2,1H3. The summed E-state index contributed by atoms with van der Waals surface area (Å²) < 4.78 is 1.09. The van der Waals surface area contributed by atoms with Crippen LogP contribution in [-0.4, -0.2) is 16.5 Å². The van der Waals surface area contributed by atoms with Gasteiger partial charge in [0.05, 0.1) is 10.6 Å². The highest BCUT2D eigenvalue weighted by Gasteiger charge is 2.16. The molecule has 0 amide bonds. The van der Waals surface area contributed by atoms with E-state index in [1.54, 1.807) is 11.3 Å². The maximum absolute atomic E-state index is 4.67. The van der Waals surface area contributed by atoms with Gasteiger partial charge in [-0.3, -0.25) is 0 Å². The van der Waals surface area contributed by atoms with E-state index in [-0.39, 0.29) is 0 Å². The molecule has 1 aliphatic rings. The Morgan fingerprint density at radius 2 is 2.29 bits per heavy atom. The van der Waals surface area contributed by atoms with Crippen LogP contribution < -0.4 is 5.32 Å². The summed E-state index contributed by atoms with van der Waals surface area (Å²) >= 11 is 5.14. The van der Waals surface area contributed by atoms with Gasteiger partial charge in [-0.05, 0) is 47.4 Å². The van der Waals surface area contributed by atoms with Crippen LogP contribution in [0.4, 0.5) is 0 Å². The van der Waals surface area contributed by atoms with Crippen molar-refractivity contribution < 1.29 is 0 Å². The second kappa shape index (κ2) is 4.48. The molecule has 5 heteroatoms. The molecule has 3 nitrogen and oxygen atoms in total. The minimum atomic E-state index is 0.848. The number of fused-ring (bicyclic) bond motifs is 1. The third kappa shape index (κ3) is 2.14. The van der Waals surface area contributed by atoms with Crippen molar-refractivity contribution >= 4 is 27.3 Å². The van der Waals surface area contributed by atoms with Gasteiger partial charge in [0, 0.05) is 22.1 Å².